The second-order valence-electron chi connectivity index (χ2n) is 14.9. The number of hydrogen-bond acceptors (Lipinski definition) is 10. The molecule has 1 aromatic heterocycles. The van der Waals surface area contributed by atoms with Gasteiger partial charge in [0.15, 0.2) is 0 Å². The maximum absolute atomic E-state index is 13.5. The third-order valence-electron chi connectivity index (χ3n) is 10.5. The molecule has 0 bridgehead atoms. The van der Waals surface area contributed by atoms with Gasteiger partial charge in [-0.3, -0.25) is 4.99 Å². The molecule has 0 aliphatic carbocycles. The van der Waals surface area contributed by atoms with Crippen LogP contribution < -0.4 is 20.0 Å². The lowest BCUT2D eigenvalue weighted by atomic mass is 9.80. The molecule has 0 saturated carbocycles. The van der Waals surface area contributed by atoms with E-state index in [9.17, 15) is 4.79 Å². The van der Waals surface area contributed by atoms with E-state index < -0.39 is 25.9 Å². The lowest BCUT2D eigenvalue weighted by molar-refractivity contribution is -0.00433. The summed E-state index contributed by atoms with van der Waals surface area (Å²) in [6.45, 7) is 16.1. The summed E-state index contributed by atoms with van der Waals surface area (Å²) < 4.78 is 40.5. The fraction of sp³-hybridized carbons (Fsp3) is 0.404. The van der Waals surface area contributed by atoms with Crippen molar-refractivity contribution in [2.24, 2.45) is 4.99 Å². The molecule has 5 aromatic rings. The maximum atomic E-state index is 13.5. The van der Waals surface area contributed by atoms with E-state index in [0.717, 1.165) is 76.6 Å². The molecule has 0 spiro atoms. The summed E-state index contributed by atoms with van der Waals surface area (Å²) >= 11 is 0. The first-order valence-corrected chi connectivity index (χ1v) is 21.5. The van der Waals surface area contributed by atoms with Crippen LogP contribution in [0.1, 0.15) is 82.7 Å². The normalized spacial score (nSPS) is 13.9. The molecule has 0 amide bonds. The Morgan fingerprint density at radius 1 is 0.776 bits per heavy atom. The molecule has 2 unspecified atom stereocenters. The topological polar surface area (TPSA) is 95.2 Å². The van der Waals surface area contributed by atoms with Crippen LogP contribution in [0.4, 0.5) is 5.69 Å². The molecule has 2 heterocycles. The fourth-order valence-electron chi connectivity index (χ4n) is 7.58. The van der Waals surface area contributed by atoms with Crippen molar-refractivity contribution in [1.82, 2.24) is 4.67 Å². The van der Waals surface area contributed by atoms with E-state index in [0.29, 0.717) is 18.6 Å². The molecule has 1 aliphatic rings. The smallest absolute Gasteiger partial charge is 0.336 e. The first-order valence-electron chi connectivity index (χ1n) is 20.3. The van der Waals surface area contributed by atoms with Crippen LogP contribution in [-0.2, 0) is 19.4 Å². The molecule has 4 aromatic carbocycles. The quantitative estimate of drug-likeness (QED) is 0.0385. The van der Waals surface area contributed by atoms with Crippen LogP contribution in [0.3, 0.4) is 0 Å². The number of hydrogen-bond donors (Lipinski definition) is 0. The number of methoxy groups -OCH3 is 2. The number of fused-ring (bicyclic) bond motifs is 1. The Morgan fingerprint density at radius 2 is 1.36 bits per heavy atom. The summed E-state index contributed by atoms with van der Waals surface area (Å²) in [6.07, 6.45) is 0.557. The van der Waals surface area contributed by atoms with E-state index in [1.807, 2.05) is 78.9 Å². The maximum Gasteiger partial charge on any atom is 0.336 e. The van der Waals surface area contributed by atoms with E-state index >= 15 is 0 Å². The van der Waals surface area contributed by atoms with Gasteiger partial charge in [0.2, 0.25) is 0 Å². The van der Waals surface area contributed by atoms with Gasteiger partial charge in [-0.15, -0.1) is 0 Å². The zero-order valence-electron chi connectivity index (χ0n) is 35.1. The van der Waals surface area contributed by atoms with Gasteiger partial charge in [-0.05, 0) is 100 Å². The highest BCUT2D eigenvalue weighted by atomic mass is 31.2. The standard InChI is InChI=1S/C47H58N3O7P/c1-9-49(10-2)39-20-25-42-43(31-46(51)56-45(42)30-39)44(57-58(50(33(3)4)34(5)6)55-29-26-38-32-48-38)27-28-54-47(35-14-12-11-13-15-35,36-16-21-40(52-7)22-17-36)37-18-23-41(53-8)24-19-37/h11-25,30-31,33-34,44H,9-10,26-29,32H2,1-8H3. The van der Waals surface area contributed by atoms with Gasteiger partial charge in [-0.2, -0.15) is 0 Å². The van der Waals surface area contributed by atoms with E-state index in [4.69, 9.17) is 27.7 Å². The summed E-state index contributed by atoms with van der Waals surface area (Å²) in [5.74, 6) is 1.49. The van der Waals surface area contributed by atoms with Crippen LogP contribution in [0.25, 0.3) is 11.0 Å². The van der Waals surface area contributed by atoms with Crippen LogP contribution in [0.15, 0.2) is 117 Å². The van der Waals surface area contributed by atoms with E-state index in [1.54, 1.807) is 20.3 Å². The number of nitrogens with zero attached hydrogens (tertiary/aromatic N) is 3. The molecule has 6 rings (SSSR count). The lowest BCUT2D eigenvalue weighted by Crippen LogP contribution is -2.35. The van der Waals surface area contributed by atoms with E-state index in [-0.39, 0.29) is 18.7 Å². The van der Waals surface area contributed by atoms with Gasteiger partial charge >= 0.3 is 5.63 Å². The largest absolute Gasteiger partial charge is 0.497 e. The van der Waals surface area contributed by atoms with Crippen molar-refractivity contribution >= 4 is 30.9 Å². The zero-order chi connectivity index (χ0) is 41.2. The van der Waals surface area contributed by atoms with Gasteiger partial charge in [0.25, 0.3) is 8.53 Å². The Labute approximate surface area is 344 Å². The van der Waals surface area contributed by atoms with Crippen LogP contribution in [0.5, 0.6) is 11.5 Å². The molecule has 0 N–H and O–H groups in total. The lowest BCUT2D eigenvalue weighted by Gasteiger charge is -2.38. The number of aliphatic imine (C=N–C) groups is 1. The van der Waals surface area contributed by atoms with E-state index in [1.165, 1.54) is 0 Å². The second kappa shape index (κ2) is 19.9. The van der Waals surface area contributed by atoms with Crippen molar-refractivity contribution in [1.29, 1.82) is 0 Å². The Balaban J connectivity index is 1.46. The van der Waals surface area contributed by atoms with Gasteiger partial charge < -0.3 is 32.6 Å². The van der Waals surface area contributed by atoms with Gasteiger partial charge in [-0.1, -0.05) is 54.6 Å². The number of anilines is 1. The minimum atomic E-state index is -1.59. The van der Waals surface area contributed by atoms with Crippen molar-refractivity contribution in [2.45, 2.75) is 78.2 Å². The van der Waals surface area contributed by atoms with Gasteiger partial charge in [0.1, 0.15) is 22.7 Å². The van der Waals surface area contributed by atoms with Crippen LogP contribution in [-0.4, -0.2) is 69.5 Å². The Kier molecular flexibility index (Phi) is 14.8. The Hall–Kier alpha value is -4.57. The first-order chi connectivity index (χ1) is 28.1. The average Bonchev–Trinajstić information content (AvgIpc) is 4.07. The summed E-state index contributed by atoms with van der Waals surface area (Å²) in [4.78, 5) is 20.1. The molecule has 11 heteroatoms. The molecule has 308 valence electrons. The highest BCUT2D eigenvalue weighted by Gasteiger charge is 2.39. The molecule has 2 atom stereocenters. The molecule has 0 fully saturated rings. The first kappa shape index (κ1) is 43.0. The van der Waals surface area contributed by atoms with Gasteiger partial charge in [-0.25, -0.2) is 9.46 Å². The van der Waals surface area contributed by atoms with Crippen molar-refractivity contribution in [3.8, 4) is 11.5 Å². The van der Waals surface area contributed by atoms with Crippen molar-refractivity contribution < 1.29 is 27.7 Å². The van der Waals surface area contributed by atoms with Gasteiger partial charge in [0.05, 0.1) is 40.1 Å². The molecular formula is C47H58N3O7P. The molecular weight excluding hydrogens is 750 g/mol. The van der Waals surface area contributed by atoms with Crippen molar-refractivity contribution in [3.05, 3.63) is 136 Å². The Bertz CT molecular complexity index is 2100. The number of ether oxygens (including phenoxy) is 3. The summed E-state index contributed by atoms with van der Waals surface area (Å²) in [5, 5.41) is 0.808. The summed E-state index contributed by atoms with van der Waals surface area (Å²) in [5.41, 5.74) is 4.73. The van der Waals surface area contributed by atoms with Crippen molar-refractivity contribution in [3.63, 3.8) is 0 Å². The average molecular weight is 808 g/mol. The predicted molar refractivity (Wildman–Crippen MR) is 235 cm³/mol. The molecule has 0 radical (unpaired) electrons. The van der Waals surface area contributed by atoms with Crippen molar-refractivity contribution in [2.75, 3.05) is 52.0 Å². The van der Waals surface area contributed by atoms with Crippen LogP contribution in [0.2, 0.25) is 0 Å². The van der Waals surface area contributed by atoms with Gasteiger partial charge in [0, 0.05) is 66.9 Å². The third kappa shape index (κ3) is 9.99. The van der Waals surface area contributed by atoms with Crippen LogP contribution in [0, 0.1) is 0 Å². The second-order valence-corrected chi connectivity index (χ2v) is 16.3. The molecule has 1 aliphatic heterocycles. The molecule has 58 heavy (non-hydrogen) atoms. The predicted octanol–water partition coefficient (Wildman–Crippen LogP) is 10.3. The fourth-order valence-corrected chi connectivity index (χ4v) is 9.32. The highest BCUT2D eigenvalue weighted by Crippen LogP contribution is 2.51. The third-order valence-corrected chi connectivity index (χ3v) is 12.7. The Morgan fingerprint density at radius 3 is 1.90 bits per heavy atom. The highest BCUT2D eigenvalue weighted by molar-refractivity contribution is 7.44. The zero-order valence-corrected chi connectivity index (χ0v) is 36.0. The minimum absolute atomic E-state index is 0.131. The SMILES string of the molecule is CCN(CC)c1ccc2c(C(CCOC(c3ccccc3)(c3ccc(OC)cc3)c3ccc(OC)cc3)OP(OCCC3=NC3)N(C(C)C)C(C)C)cc(=O)oc2c1. The number of rotatable bonds is 22. The summed E-state index contributed by atoms with van der Waals surface area (Å²) in [7, 11) is 1.74. The monoisotopic (exact) mass is 807 g/mol. The molecule has 10 nitrogen and oxygen atoms in total. The summed E-state index contributed by atoms with van der Waals surface area (Å²) in [6, 6.07) is 34.2. The molecule has 0 saturated heterocycles. The number of benzene rings is 4. The minimum Gasteiger partial charge on any atom is -0.497 e. The van der Waals surface area contributed by atoms with Crippen LogP contribution >= 0.6 is 8.53 Å². The van der Waals surface area contributed by atoms with E-state index in [2.05, 4.69) is 74.3 Å².